The second kappa shape index (κ2) is 8.91. The molecule has 2 amide bonds. The Kier molecular flexibility index (Phi) is 6.53. The van der Waals surface area contributed by atoms with E-state index in [0.717, 1.165) is 19.1 Å². The molecule has 0 aromatic heterocycles. The van der Waals surface area contributed by atoms with E-state index in [1.54, 1.807) is 24.3 Å². The van der Waals surface area contributed by atoms with E-state index in [4.69, 9.17) is 4.74 Å². The van der Waals surface area contributed by atoms with Crippen molar-refractivity contribution in [3.05, 3.63) is 29.8 Å². The van der Waals surface area contributed by atoms with Crippen LogP contribution in [-0.4, -0.2) is 62.5 Å². The minimum Gasteiger partial charge on any atom is -0.455 e. The number of anilines is 1. The molecule has 0 atom stereocenters. The molecule has 158 valence electrons. The van der Waals surface area contributed by atoms with Gasteiger partial charge in [-0.1, -0.05) is 6.07 Å². The summed E-state index contributed by atoms with van der Waals surface area (Å²) in [7, 11) is -3.26. The Bertz CT molecular complexity index is 889. The van der Waals surface area contributed by atoms with Crippen LogP contribution in [0.5, 0.6) is 0 Å². The fraction of sp³-hybridized carbons (Fsp3) is 0.526. The molecule has 0 radical (unpaired) electrons. The van der Waals surface area contributed by atoms with Crippen molar-refractivity contribution in [1.29, 1.82) is 0 Å². The number of nitrogens with one attached hydrogen (secondary N) is 2. The van der Waals surface area contributed by atoms with Crippen molar-refractivity contribution in [2.45, 2.75) is 31.7 Å². The number of piperidine rings is 1. The third-order valence-corrected chi connectivity index (χ3v) is 6.23. The van der Waals surface area contributed by atoms with Gasteiger partial charge < -0.3 is 15.4 Å². The van der Waals surface area contributed by atoms with Crippen molar-refractivity contribution >= 4 is 33.5 Å². The first-order valence-electron chi connectivity index (χ1n) is 9.55. The van der Waals surface area contributed by atoms with Gasteiger partial charge in [0.25, 0.3) is 11.8 Å². The molecule has 9 nitrogen and oxygen atoms in total. The summed E-state index contributed by atoms with van der Waals surface area (Å²) >= 11 is 0. The summed E-state index contributed by atoms with van der Waals surface area (Å²) in [6, 6.07) is 6.78. The molecular formula is C19H25N3O6S. The molecule has 3 rings (SSSR count). The van der Waals surface area contributed by atoms with Gasteiger partial charge in [-0.25, -0.2) is 12.7 Å². The third kappa shape index (κ3) is 6.26. The quantitative estimate of drug-likeness (QED) is 0.624. The van der Waals surface area contributed by atoms with Crippen LogP contribution in [0.4, 0.5) is 5.69 Å². The van der Waals surface area contributed by atoms with Crippen LogP contribution in [0.25, 0.3) is 0 Å². The first-order valence-corrected chi connectivity index (χ1v) is 11.4. The largest absolute Gasteiger partial charge is 0.455 e. The van der Waals surface area contributed by atoms with Crippen LogP contribution in [0, 0.1) is 5.92 Å². The van der Waals surface area contributed by atoms with Gasteiger partial charge in [0.1, 0.15) is 0 Å². The van der Waals surface area contributed by atoms with E-state index < -0.39 is 34.4 Å². The fourth-order valence-electron chi connectivity index (χ4n) is 3.11. The molecule has 2 fully saturated rings. The molecule has 1 heterocycles. The molecule has 0 spiro atoms. The number of hydrogen-bond acceptors (Lipinski definition) is 6. The number of rotatable bonds is 7. The van der Waals surface area contributed by atoms with Crippen LogP contribution >= 0.6 is 0 Å². The second-order valence-electron chi connectivity index (χ2n) is 7.42. The molecule has 1 aromatic rings. The molecule has 0 bridgehead atoms. The normalized spacial score (nSPS) is 18.1. The van der Waals surface area contributed by atoms with Crippen LogP contribution in [0.3, 0.4) is 0 Å². The summed E-state index contributed by atoms with van der Waals surface area (Å²) in [5.74, 6) is -1.62. The highest BCUT2D eigenvalue weighted by molar-refractivity contribution is 7.88. The van der Waals surface area contributed by atoms with Gasteiger partial charge in [0.05, 0.1) is 12.2 Å². The third-order valence-electron chi connectivity index (χ3n) is 4.92. The lowest BCUT2D eigenvalue weighted by molar-refractivity contribution is -0.152. The number of amides is 2. The van der Waals surface area contributed by atoms with Crippen molar-refractivity contribution in [1.82, 2.24) is 9.62 Å². The van der Waals surface area contributed by atoms with E-state index >= 15 is 0 Å². The average molecular weight is 423 g/mol. The Morgan fingerprint density at radius 2 is 1.83 bits per heavy atom. The average Bonchev–Trinajstić information content (AvgIpc) is 3.49. The number of carbonyl (C=O) groups is 3. The number of carbonyl (C=O) groups excluding carboxylic acids is 3. The second-order valence-corrected chi connectivity index (χ2v) is 9.40. The first-order chi connectivity index (χ1) is 13.7. The number of ether oxygens (including phenoxy) is 1. The van der Waals surface area contributed by atoms with Gasteiger partial charge in [-0.2, -0.15) is 0 Å². The molecular weight excluding hydrogens is 398 g/mol. The predicted molar refractivity (Wildman–Crippen MR) is 106 cm³/mol. The summed E-state index contributed by atoms with van der Waals surface area (Å²) in [6.45, 7) is 0.0879. The van der Waals surface area contributed by atoms with E-state index in [9.17, 15) is 22.8 Å². The smallest absolute Gasteiger partial charge is 0.309 e. The van der Waals surface area contributed by atoms with Crippen molar-refractivity contribution in [3.63, 3.8) is 0 Å². The van der Waals surface area contributed by atoms with Crippen molar-refractivity contribution < 1.29 is 27.5 Å². The topological polar surface area (TPSA) is 122 Å². The zero-order valence-electron chi connectivity index (χ0n) is 16.2. The predicted octanol–water partition coefficient (Wildman–Crippen LogP) is 0.732. The number of nitrogens with zero attached hydrogens (tertiary/aromatic N) is 1. The Morgan fingerprint density at radius 3 is 2.45 bits per heavy atom. The Hall–Kier alpha value is -2.46. The minimum absolute atomic E-state index is 0.185. The molecule has 2 aliphatic rings. The SMILES string of the molecule is CS(=O)(=O)N1CCC(C(=O)OCC(=O)Nc2cccc(C(=O)NC3CC3)c2)CC1. The van der Waals surface area contributed by atoms with E-state index in [1.165, 1.54) is 4.31 Å². The fourth-order valence-corrected chi connectivity index (χ4v) is 3.98. The minimum atomic E-state index is -3.26. The summed E-state index contributed by atoms with van der Waals surface area (Å²) in [6.07, 6.45) is 3.85. The molecule has 10 heteroatoms. The molecule has 1 aromatic carbocycles. The van der Waals surface area contributed by atoms with E-state index in [0.29, 0.717) is 24.1 Å². The van der Waals surface area contributed by atoms with Gasteiger partial charge in [0.15, 0.2) is 6.61 Å². The Balaban J connectivity index is 1.44. The number of esters is 1. The highest BCUT2D eigenvalue weighted by atomic mass is 32.2. The molecule has 1 saturated heterocycles. The highest BCUT2D eigenvalue weighted by Gasteiger charge is 2.30. The van der Waals surface area contributed by atoms with Crippen LogP contribution in [0.15, 0.2) is 24.3 Å². The van der Waals surface area contributed by atoms with Crippen LogP contribution < -0.4 is 10.6 Å². The maximum absolute atomic E-state index is 12.1. The monoisotopic (exact) mass is 423 g/mol. The lowest BCUT2D eigenvalue weighted by Gasteiger charge is -2.28. The van der Waals surface area contributed by atoms with Gasteiger partial charge >= 0.3 is 5.97 Å². The molecule has 1 aliphatic carbocycles. The Labute approximate surface area is 169 Å². The molecule has 1 aliphatic heterocycles. The van der Waals surface area contributed by atoms with Gasteiger partial charge in [-0.3, -0.25) is 14.4 Å². The molecule has 29 heavy (non-hydrogen) atoms. The lowest BCUT2D eigenvalue weighted by Crippen LogP contribution is -2.40. The number of benzene rings is 1. The summed E-state index contributed by atoms with van der Waals surface area (Å²) in [5, 5.41) is 5.49. The van der Waals surface area contributed by atoms with Crippen LogP contribution in [-0.2, 0) is 24.3 Å². The zero-order chi connectivity index (χ0) is 21.0. The lowest BCUT2D eigenvalue weighted by atomic mass is 9.98. The van der Waals surface area contributed by atoms with Gasteiger partial charge in [-0.05, 0) is 43.9 Å². The van der Waals surface area contributed by atoms with E-state index in [-0.39, 0.29) is 25.0 Å². The number of hydrogen-bond donors (Lipinski definition) is 2. The number of sulfonamides is 1. The van der Waals surface area contributed by atoms with E-state index in [2.05, 4.69) is 10.6 Å². The van der Waals surface area contributed by atoms with Crippen LogP contribution in [0.1, 0.15) is 36.0 Å². The van der Waals surface area contributed by atoms with E-state index in [1.807, 2.05) is 0 Å². The highest BCUT2D eigenvalue weighted by Crippen LogP contribution is 2.21. The van der Waals surface area contributed by atoms with Crippen molar-refractivity contribution in [2.75, 3.05) is 31.3 Å². The maximum Gasteiger partial charge on any atom is 0.309 e. The van der Waals surface area contributed by atoms with Gasteiger partial charge in [0, 0.05) is 30.4 Å². The summed E-state index contributed by atoms with van der Waals surface area (Å²) in [4.78, 5) is 36.3. The van der Waals surface area contributed by atoms with Crippen molar-refractivity contribution in [3.8, 4) is 0 Å². The summed E-state index contributed by atoms with van der Waals surface area (Å²) < 4.78 is 29.4. The Morgan fingerprint density at radius 1 is 1.14 bits per heavy atom. The molecule has 2 N–H and O–H groups in total. The molecule has 0 unspecified atom stereocenters. The maximum atomic E-state index is 12.1. The standard InChI is InChI=1S/C19H25N3O6S/c1-29(26,27)22-9-7-13(8-10-22)19(25)28-12-17(23)20-16-4-2-3-14(11-16)18(24)21-15-5-6-15/h2-4,11,13,15H,5-10,12H2,1H3,(H,20,23)(H,21,24). The summed E-state index contributed by atoms with van der Waals surface area (Å²) in [5.41, 5.74) is 0.889. The first kappa shape index (κ1) is 21.3. The van der Waals surface area contributed by atoms with Crippen LogP contribution in [0.2, 0.25) is 0 Å². The van der Waals surface area contributed by atoms with Gasteiger partial charge in [0.2, 0.25) is 10.0 Å². The van der Waals surface area contributed by atoms with Crippen molar-refractivity contribution in [2.24, 2.45) is 5.92 Å². The van der Waals surface area contributed by atoms with Gasteiger partial charge in [-0.15, -0.1) is 0 Å². The zero-order valence-corrected chi connectivity index (χ0v) is 17.0. The molecule has 1 saturated carbocycles.